The van der Waals surface area contributed by atoms with Gasteiger partial charge in [-0.2, -0.15) is 5.10 Å². The third-order valence-electron chi connectivity index (χ3n) is 3.02. The fourth-order valence-electron chi connectivity index (χ4n) is 2.00. The first-order valence-corrected chi connectivity index (χ1v) is 5.12. The smallest absolute Gasteiger partial charge is 0.0535 e. The Morgan fingerprint density at radius 2 is 2.46 bits per heavy atom. The van der Waals surface area contributed by atoms with Gasteiger partial charge in [-0.3, -0.25) is 5.10 Å². The van der Waals surface area contributed by atoms with Crippen LogP contribution < -0.4 is 5.32 Å². The Morgan fingerprint density at radius 1 is 1.54 bits per heavy atom. The number of hydrogen-bond donors (Lipinski definition) is 2. The number of nitrogens with one attached hydrogen (secondary N) is 2. The second-order valence-corrected chi connectivity index (χ2v) is 3.84. The van der Waals surface area contributed by atoms with Crippen LogP contribution in [0.1, 0.15) is 37.8 Å². The summed E-state index contributed by atoms with van der Waals surface area (Å²) in [6.45, 7) is 3.43. The van der Waals surface area contributed by atoms with Gasteiger partial charge in [-0.05, 0) is 25.3 Å². The number of aromatic nitrogens is 2. The molecule has 1 aliphatic rings. The molecule has 0 aromatic carbocycles. The fraction of sp³-hybridized carbons (Fsp3) is 0.700. The lowest BCUT2D eigenvalue weighted by molar-refractivity contribution is 0.308. The molecular weight excluding hydrogens is 162 g/mol. The first-order chi connectivity index (χ1) is 6.40. The van der Waals surface area contributed by atoms with Crippen molar-refractivity contribution < 1.29 is 0 Å². The van der Waals surface area contributed by atoms with Crippen LogP contribution in [0.15, 0.2) is 12.4 Å². The van der Waals surface area contributed by atoms with E-state index >= 15 is 0 Å². The van der Waals surface area contributed by atoms with Gasteiger partial charge in [0.05, 0.1) is 6.20 Å². The molecule has 1 fully saturated rings. The van der Waals surface area contributed by atoms with Crippen molar-refractivity contribution in [3.05, 3.63) is 18.0 Å². The van der Waals surface area contributed by atoms with Crippen LogP contribution in [0.2, 0.25) is 0 Å². The minimum absolute atomic E-state index is 0.529. The van der Waals surface area contributed by atoms with E-state index in [2.05, 4.69) is 22.4 Å². The zero-order valence-corrected chi connectivity index (χ0v) is 8.09. The van der Waals surface area contributed by atoms with E-state index in [9.17, 15) is 0 Å². The monoisotopic (exact) mass is 179 g/mol. The van der Waals surface area contributed by atoms with Crippen LogP contribution in [0, 0.1) is 5.92 Å². The van der Waals surface area contributed by atoms with Crippen LogP contribution in [0.4, 0.5) is 0 Å². The van der Waals surface area contributed by atoms with Gasteiger partial charge in [0, 0.05) is 17.8 Å². The molecule has 1 saturated heterocycles. The summed E-state index contributed by atoms with van der Waals surface area (Å²) in [5.41, 5.74) is 1.30. The largest absolute Gasteiger partial charge is 0.310 e. The van der Waals surface area contributed by atoms with Crippen LogP contribution in [-0.2, 0) is 0 Å². The Hall–Kier alpha value is -0.830. The van der Waals surface area contributed by atoms with Gasteiger partial charge in [0.2, 0.25) is 0 Å². The van der Waals surface area contributed by atoms with Crippen LogP contribution in [0.3, 0.4) is 0 Å². The predicted octanol–water partition coefficient (Wildman–Crippen LogP) is 1.86. The molecule has 2 heterocycles. The molecule has 3 nitrogen and oxygen atoms in total. The number of aromatic amines is 1. The van der Waals surface area contributed by atoms with Crippen molar-refractivity contribution in [2.45, 2.75) is 32.2 Å². The fourth-order valence-corrected chi connectivity index (χ4v) is 2.00. The molecule has 0 radical (unpaired) electrons. The third-order valence-corrected chi connectivity index (χ3v) is 3.02. The lowest BCUT2D eigenvalue weighted by atomic mass is 9.91. The molecule has 2 N–H and O–H groups in total. The van der Waals surface area contributed by atoms with Crippen molar-refractivity contribution in [1.82, 2.24) is 15.5 Å². The van der Waals surface area contributed by atoms with Gasteiger partial charge in [-0.15, -0.1) is 0 Å². The maximum Gasteiger partial charge on any atom is 0.0535 e. The standard InChI is InChI=1S/C10H17N3/c1-2-8-3-4-10(11-5-8)9-6-12-13-7-9/h6-8,10-11H,2-5H2,1H3,(H,12,13)/t8-,10+/m1/s1. The van der Waals surface area contributed by atoms with Gasteiger partial charge < -0.3 is 5.32 Å². The molecule has 72 valence electrons. The number of nitrogens with zero attached hydrogens (tertiary/aromatic N) is 1. The number of rotatable bonds is 2. The van der Waals surface area contributed by atoms with Crippen molar-refractivity contribution in [3.8, 4) is 0 Å². The second-order valence-electron chi connectivity index (χ2n) is 3.84. The van der Waals surface area contributed by atoms with E-state index in [1.165, 1.54) is 24.8 Å². The first kappa shape index (κ1) is 8.75. The van der Waals surface area contributed by atoms with E-state index in [0.29, 0.717) is 6.04 Å². The summed E-state index contributed by atoms with van der Waals surface area (Å²) in [6, 6.07) is 0.529. The highest BCUT2D eigenvalue weighted by Crippen LogP contribution is 2.26. The Bertz CT molecular complexity index is 235. The van der Waals surface area contributed by atoms with Gasteiger partial charge in [-0.1, -0.05) is 13.3 Å². The molecular formula is C10H17N3. The summed E-state index contributed by atoms with van der Waals surface area (Å²) in [7, 11) is 0. The molecule has 0 saturated carbocycles. The summed E-state index contributed by atoms with van der Waals surface area (Å²) >= 11 is 0. The molecule has 2 rings (SSSR count). The maximum atomic E-state index is 3.97. The summed E-state index contributed by atoms with van der Waals surface area (Å²) in [5, 5.41) is 10.4. The summed E-state index contributed by atoms with van der Waals surface area (Å²) in [5.74, 6) is 0.878. The molecule has 3 heteroatoms. The highest BCUT2D eigenvalue weighted by atomic mass is 15.1. The van der Waals surface area contributed by atoms with Crippen molar-refractivity contribution in [2.24, 2.45) is 5.92 Å². The molecule has 0 unspecified atom stereocenters. The lowest BCUT2D eigenvalue weighted by Crippen LogP contribution is -2.32. The van der Waals surface area contributed by atoms with E-state index in [0.717, 1.165) is 12.5 Å². The molecule has 0 aliphatic carbocycles. The summed E-state index contributed by atoms with van der Waals surface area (Å²) in [4.78, 5) is 0. The normalized spacial score (nSPS) is 29.0. The zero-order chi connectivity index (χ0) is 9.10. The summed E-state index contributed by atoms with van der Waals surface area (Å²) in [6.07, 6.45) is 7.80. The van der Waals surface area contributed by atoms with E-state index in [-0.39, 0.29) is 0 Å². The topological polar surface area (TPSA) is 40.7 Å². The van der Waals surface area contributed by atoms with Crippen molar-refractivity contribution >= 4 is 0 Å². The molecule has 2 atom stereocenters. The molecule has 0 bridgehead atoms. The summed E-state index contributed by atoms with van der Waals surface area (Å²) < 4.78 is 0. The number of H-pyrrole nitrogens is 1. The Morgan fingerprint density at radius 3 is 3.00 bits per heavy atom. The van der Waals surface area contributed by atoms with Crippen LogP contribution in [-0.4, -0.2) is 16.7 Å². The zero-order valence-electron chi connectivity index (χ0n) is 8.09. The molecule has 1 aliphatic heterocycles. The Labute approximate surface area is 78.9 Å². The van der Waals surface area contributed by atoms with E-state index in [1.54, 1.807) is 0 Å². The van der Waals surface area contributed by atoms with Gasteiger partial charge >= 0.3 is 0 Å². The van der Waals surface area contributed by atoms with Gasteiger partial charge in [-0.25, -0.2) is 0 Å². The van der Waals surface area contributed by atoms with E-state index in [1.807, 2.05) is 12.4 Å². The number of piperidine rings is 1. The average Bonchev–Trinajstić information content (AvgIpc) is 2.71. The predicted molar refractivity (Wildman–Crippen MR) is 52.3 cm³/mol. The van der Waals surface area contributed by atoms with Gasteiger partial charge in [0.1, 0.15) is 0 Å². The van der Waals surface area contributed by atoms with Crippen molar-refractivity contribution in [3.63, 3.8) is 0 Å². The van der Waals surface area contributed by atoms with Gasteiger partial charge in [0.25, 0.3) is 0 Å². The molecule has 1 aromatic rings. The third kappa shape index (κ3) is 1.91. The molecule has 0 spiro atoms. The first-order valence-electron chi connectivity index (χ1n) is 5.12. The minimum atomic E-state index is 0.529. The Balaban J connectivity index is 1.92. The minimum Gasteiger partial charge on any atom is -0.310 e. The Kier molecular flexibility index (Phi) is 2.64. The maximum absolute atomic E-state index is 3.97. The van der Waals surface area contributed by atoms with Crippen LogP contribution in [0.5, 0.6) is 0 Å². The highest BCUT2D eigenvalue weighted by Gasteiger charge is 2.20. The highest BCUT2D eigenvalue weighted by molar-refractivity contribution is 5.10. The van der Waals surface area contributed by atoms with Crippen LogP contribution in [0.25, 0.3) is 0 Å². The van der Waals surface area contributed by atoms with Gasteiger partial charge in [0.15, 0.2) is 0 Å². The SMILES string of the molecule is CC[C@@H]1CC[C@@H](c2cn[nH]c2)NC1. The lowest BCUT2D eigenvalue weighted by Gasteiger charge is -2.28. The van der Waals surface area contributed by atoms with Crippen molar-refractivity contribution in [1.29, 1.82) is 0 Å². The van der Waals surface area contributed by atoms with E-state index < -0.39 is 0 Å². The quantitative estimate of drug-likeness (QED) is 0.727. The average molecular weight is 179 g/mol. The molecule has 0 amide bonds. The van der Waals surface area contributed by atoms with E-state index in [4.69, 9.17) is 0 Å². The van der Waals surface area contributed by atoms with Crippen LogP contribution >= 0.6 is 0 Å². The number of hydrogen-bond acceptors (Lipinski definition) is 2. The molecule has 13 heavy (non-hydrogen) atoms. The molecule has 1 aromatic heterocycles. The van der Waals surface area contributed by atoms with Crippen molar-refractivity contribution in [2.75, 3.05) is 6.54 Å². The second kappa shape index (κ2) is 3.92.